The van der Waals surface area contributed by atoms with Crippen molar-refractivity contribution in [2.24, 2.45) is 0 Å². The smallest absolute Gasteiger partial charge is 0.0397 e. The van der Waals surface area contributed by atoms with Gasteiger partial charge in [0.25, 0.3) is 0 Å². The summed E-state index contributed by atoms with van der Waals surface area (Å²) in [5.41, 5.74) is 23.7. The lowest BCUT2D eigenvalue weighted by atomic mass is 9.66. The molecule has 2 aliphatic rings. The maximum Gasteiger partial charge on any atom is 0.0397 e. The number of fused-ring (bicyclic) bond motifs is 2. The van der Waals surface area contributed by atoms with Crippen molar-refractivity contribution in [3.8, 4) is 11.1 Å². The van der Waals surface area contributed by atoms with Gasteiger partial charge in [-0.3, -0.25) is 0 Å². The Morgan fingerprint density at radius 1 is 0.882 bits per heavy atom. The molecule has 0 aromatic heterocycles. The van der Waals surface area contributed by atoms with Crippen molar-refractivity contribution in [3.05, 3.63) is 113 Å². The summed E-state index contributed by atoms with van der Waals surface area (Å²) < 4.78 is 0. The zero-order valence-electron chi connectivity index (χ0n) is 19.6. The van der Waals surface area contributed by atoms with Crippen molar-refractivity contribution in [2.45, 2.75) is 38.0 Å². The highest BCUT2D eigenvalue weighted by Gasteiger charge is 2.35. The molecule has 0 spiro atoms. The first-order valence-electron chi connectivity index (χ1n) is 12.3. The molecule has 1 atom stereocenters. The van der Waals surface area contributed by atoms with E-state index in [0.29, 0.717) is 0 Å². The average Bonchev–Trinajstić information content (AvgIpc) is 2.86. The van der Waals surface area contributed by atoms with Crippen molar-refractivity contribution < 1.29 is 0 Å². The number of hydrogen-bond donors (Lipinski definition) is 2. The predicted molar refractivity (Wildman–Crippen MR) is 146 cm³/mol. The molecule has 4 N–H and O–H groups in total. The van der Waals surface area contributed by atoms with Gasteiger partial charge in [-0.25, -0.2) is 0 Å². The van der Waals surface area contributed by atoms with Gasteiger partial charge in [0, 0.05) is 22.2 Å². The van der Waals surface area contributed by atoms with Crippen LogP contribution in [0.4, 0.5) is 11.4 Å². The number of rotatable bonds is 4. The molecule has 1 unspecified atom stereocenters. The zero-order chi connectivity index (χ0) is 23.3. The van der Waals surface area contributed by atoms with Gasteiger partial charge in [-0.1, -0.05) is 86.2 Å². The van der Waals surface area contributed by atoms with Crippen molar-refractivity contribution in [2.75, 3.05) is 11.5 Å². The highest BCUT2D eigenvalue weighted by molar-refractivity contribution is 6.09. The van der Waals surface area contributed by atoms with E-state index in [1.54, 1.807) is 0 Å². The Kier molecular flexibility index (Phi) is 4.84. The van der Waals surface area contributed by atoms with Gasteiger partial charge in [-0.15, -0.1) is 0 Å². The number of nitrogen functional groups attached to an aromatic ring is 2. The van der Waals surface area contributed by atoms with E-state index in [9.17, 15) is 0 Å². The summed E-state index contributed by atoms with van der Waals surface area (Å²) in [6, 6.07) is 25.9. The van der Waals surface area contributed by atoms with Crippen LogP contribution in [0.25, 0.3) is 27.5 Å². The summed E-state index contributed by atoms with van der Waals surface area (Å²) in [6.45, 7) is 2.28. The van der Waals surface area contributed by atoms with Gasteiger partial charge in [0.15, 0.2) is 0 Å². The second kappa shape index (κ2) is 7.92. The van der Waals surface area contributed by atoms with Crippen LogP contribution in [0.5, 0.6) is 0 Å². The Labute approximate surface area is 201 Å². The molecule has 0 aliphatic heterocycles. The minimum absolute atomic E-state index is 0.0895. The fraction of sp³-hybridized carbons (Fsp3) is 0.188. The minimum atomic E-state index is -0.0895. The topological polar surface area (TPSA) is 52.0 Å². The molecule has 0 saturated heterocycles. The molecule has 34 heavy (non-hydrogen) atoms. The predicted octanol–water partition coefficient (Wildman–Crippen LogP) is 7.66. The van der Waals surface area contributed by atoms with Gasteiger partial charge in [-0.05, 0) is 81.8 Å². The third kappa shape index (κ3) is 3.17. The van der Waals surface area contributed by atoms with Crippen LogP contribution in [0.3, 0.4) is 0 Å². The van der Waals surface area contributed by atoms with E-state index in [-0.39, 0.29) is 5.41 Å². The molecule has 4 aromatic rings. The van der Waals surface area contributed by atoms with Crippen LogP contribution < -0.4 is 11.5 Å². The number of allylic oxidation sites excluding steroid dienone is 4. The molecular formula is C32H30N2. The molecule has 0 radical (unpaired) electrons. The van der Waals surface area contributed by atoms with E-state index in [1.165, 1.54) is 44.3 Å². The summed E-state index contributed by atoms with van der Waals surface area (Å²) in [6.07, 6.45) is 11.2. The summed E-state index contributed by atoms with van der Waals surface area (Å²) in [4.78, 5) is 0. The number of nitrogens with two attached hydrogens (primary N) is 2. The van der Waals surface area contributed by atoms with E-state index < -0.39 is 0 Å². The molecule has 0 saturated carbocycles. The van der Waals surface area contributed by atoms with E-state index in [2.05, 4.69) is 91.9 Å². The lowest BCUT2D eigenvalue weighted by Gasteiger charge is -2.37. The molecule has 2 heteroatoms. The van der Waals surface area contributed by atoms with Gasteiger partial charge < -0.3 is 11.5 Å². The Morgan fingerprint density at radius 3 is 2.50 bits per heavy atom. The Balaban J connectivity index is 1.60. The van der Waals surface area contributed by atoms with E-state index in [1.807, 2.05) is 6.07 Å². The first kappa shape index (κ1) is 20.8. The molecule has 2 aliphatic carbocycles. The van der Waals surface area contributed by atoms with Crippen LogP contribution in [0.15, 0.2) is 91.0 Å². The summed E-state index contributed by atoms with van der Waals surface area (Å²) in [5, 5.41) is 2.47. The monoisotopic (exact) mass is 442 g/mol. The number of hydrogen-bond acceptors (Lipinski definition) is 2. The maximum atomic E-state index is 6.74. The van der Waals surface area contributed by atoms with Crippen LogP contribution in [0.2, 0.25) is 0 Å². The molecule has 4 aromatic carbocycles. The molecule has 0 amide bonds. The molecular weight excluding hydrogens is 412 g/mol. The molecule has 2 nitrogen and oxygen atoms in total. The van der Waals surface area contributed by atoms with Gasteiger partial charge >= 0.3 is 0 Å². The Morgan fingerprint density at radius 2 is 1.74 bits per heavy atom. The van der Waals surface area contributed by atoms with Gasteiger partial charge in [0.1, 0.15) is 0 Å². The third-order valence-electron chi connectivity index (χ3n) is 7.67. The standard InChI is InChI=1S/C32H30N2/c1-2-15-32(16-13-22(14-17-32)21-7-4-3-5-8-21)28-20-29(34)27-10-6-9-23-18-24-19-25(33)11-12-26(24)31(28)30(23)27/h3-14,16,19-20H,2,15,17-18,33-34H2,1H3. The van der Waals surface area contributed by atoms with Crippen molar-refractivity contribution >= 4 is 27.7 Å². The fourth-order valence-corrected chi connectivity index (χ4v) is 6.09. The highest BCUT2D eigenvalue weighted by Crippen LogP contribution is 2.51. The SMILES string of the molecule is CCCC1(c2cc(N)c3cccc4c3c2-c2ccc(N)cc2C4)C=CC(c2ccccc2)=CC1. The van der Waals surface area contributed by atoms with Crippen LogP contribution >= 0.6 is 0 Å². The lowest BCUT2D eigenvalue weighted by Crippen LogP contribution is -2.26. The van der Waals surface area contributed by atoms with Crippen molar-refractivity contribution in [1.82, 2.24) is 0 Å². The maximum absolute atomic E-state index is 6.74. The fourth-order valence-electron chi connectivity index (χ4n) is 6.09. The zero-order valence-corrected chi connectivity index (χ0v) is 19.6. The van der Waals surface area contributed by atoms with Gasteiger partial charge in [-0.2, -0.15) is 0 Å². The van der Waals surface area contributed by atoms with Gasteiger partial charge in [0.2, 0.25) is 0 Å². The van der Waals surface area contributed by atoms with Crippen LogP contribution in [-0.2, 0) is 11.8 Å². The van der Waals surface area contributed by atoms with Crippen LogP contribution in [0, 0.1) is 0 Å². The summed E-state index contributed by atoms with van der Waals surface area (Å²) >= 11 is 0. The van der Waals surface area contributed by atoms with Crippen molar-refractivity contribution in [1.29, 1.82) is 0 Å². The minimum Gasteiger partial charge on any atom is -0.399 e. The largest absolute Gasteiger partial charge is 0.399 e. The first-order chi connectivity index (χ1) is 16.6. The number of anilines is 2. The molecule has 0 bridgehead atoms. The molecule has 6 rings (SSSR count). The highest BCUT2D eigenvalue weighted by atomic mass is 14.6. The number of benzene rings is 4. The molecule has 0 fully saturated rings. The van der Waals surface area contributed by atoms with E-state index in [0.717, 1.165) is 42.4 Å². The summed E-state index contributed by atoms with van der Waals surface area (Å²) in [7, 11) is 0. The molecule has 168 valence electrons. The van der Waals surface area contributed by atoms with Crippen LogP contribution in [-0.4, -0.2) is 0 Å². The van der Waals surface area contributed by atoms with Crippen molar-refractivity contribution in [3.63, 3.8) is 0 Å². The third-order valence-corrected chi connectivity index (χ3v) is 7.67. The second-order valence-electron chi connectivity index (χ2n) is 9.79. The van der Waals surface area contributed by atoms with Gasteiger partial charge in [0.05, 0.1) is 0 Å². The normalized spacial score (nSPS) is 18.6. The quantitative estimate of drug-likeness (QED) is 0.281. The van der Waals surface area contributed by atoms with E-state index >= 15 is 0 Å². The van der Waals surface area contributed by atoms with Crippen LogP contribution in [0.1, 0.15) is 48.4 Å². The lowest BCUT2D eigenvalue weighted by molar-refractivity contribution is 0.488. The average molecular weight is 443 g/mol. The Hall–Kier alpha value is -3.78. The van der Waals surface area contributed by atoms with E-state index in [4.69, 9.17) is 11.5 Å². The Bertz CT molecular complexity index is 1480. The second-order valence-corrected chi connectivity index (χ2v) is 9.79. The first-order valence-corrected chi connectivity index (χ1v) is 12.3. The summed E-state index contributed by atoms with van der Waals surface area (Å²) in [5.74, 6) is 0. The molecule has 0 heterocycles.